The van der Waals surface area contributed by atoms with E-state index in [9.17, 15) is 16.8 Å². The Balaban J connectivity index is 2.41. The molecule has 1 aliphatic rings. The summed E-state index contributed by atoms with van der Waals surface area (Å²) in [4.78, 5) is 0.261. The van der Waals surface area contributed by atoms with Gasteiger partial charge in [0.05, 0.1) is 16.4 Å². The molecule has 1 aromatic rings. The third-order valence-corrected chi connectivity index (χ3v) is 7.97. The summed E-state index contributed by atoms with van der Waals surface area (Å²) in [5, 5.41) is 0. The first-order valence-electron chi connectivity index (χ1n) is 6.81. The van der Waals surface area contributed by atoms with Crippen molar-refractivity contribution in [2.24, 2.45) is 0 Å². The van der Waals surface area contributed by atoms with Crippen molar-refractivity contribution >= 4 is 19.9 Å². The van der Waals surface area contributed by atoms with Gasteiger partial charge < -0.3 is 0 Å². The topological polar surface area (TPSA) is 71.5 Å². The lowest BCUT2D eigenvalue weighted by Gasteiger charge is -2.24. The van der Waals surface area contributed by atoms with E-state index in [0.717, 1.165) is 11.1 Å². The Labute approximate surface area is 126 Å². The van der Waals surface area contributed by atoms with Gasteiger partial charge in [0.2, 0.25) is 10.0 Å². The average molecular weight is 331 g/mol. The second-order valence-electron chi connectivity index (χ2n) is 5.78. The molecule has 0 aliphatic carbocycles. The van der Waals surface area contributed by atoms with Crippen LogP contribution in [0.2, 0.25) is 0 Å². The number of rotatable bonds is 3. The number of hydrogen-bond acceptors (Lipinski definition) is 4. The van der Waals surface area contributed by atoms with Gasteiger partial charge >= 0.3 is 0 Å². The van der Waals surface area contributed by atoms with Crippen molar-refractivity contribution in [3.05, 3.63) is 28.8 Å². The van der Waals surface area contributed by atoms with Crippen molar-refractivity contribution in [1.82, 2.24) is 4.31 Å². The summed E-state index contributed by atoms with van der Waals surface area (Å²) in [7, 11) is -5.32. The van der Waals surface area contributed by atoms with E-state index in [1.807, 2.05) is 19.9 Å². The Bertz CT molecular complexity index is 766. The van der Waals surface area contributed by atoms with E-state index in [2.05, 4.69) is 0 Å². The van der Waals surface area contributed by atoms with E-state index in [1.54, 1.807) is 13.0 Å². The van der Waals surface area contributed by atoms with Gasteiger partial charge in [-0.15, -0.1) is 0 Å². The number of sulfonamides is 1. The highest BCUT2D eigenvalue weighted by atomic mass is 32.2. The fourth-order valence-corrected chi connectivity index (χ4v) is 6.17. The first-order valence-corrected chi connectivity index (χ1v) is 10.1. The molecule has 1 heterocycles. The Morgan fingerprint density at radius 2 is 1.67 bits per heavy atom. The maximum atomic E-state index is 12.7. The van der Waals surface area contributed by atoms with E-state index < -0.39 is 25.9 Å². The molecule has 21 heavy (non-hydrogen) atoms. The molecular weight excluding hydrogens is 310 g/mol. The van der Waals surface area contributed by atoms with Gasteiger partial charge in [-0.05, 0) is 49.9 Å². The van der Waals surface area contributed by atoms with Gasteiger partial charge in [0, 0.05) is 13.1 Å². The van der Waals surface area contributed by atoms with Crippen molar-refractivity contribution in [2.45, 2.75) is 38.1 Å². The van der Waals surface area contributed by atoms with Crippen molar-refractivity contribution in [1.29, 1.82) is 0 Å². The minimum Gasteiger partial charge on any atom is -0.229 e. The molecule has 0 unspecified atom stereocenters. The van der Waals surface area contributed by atoms with Crippen LogP contribution in [0.4, 0.5) is 0 Å². The van der Waals surface area contributed by atoms with Crippen LogP contribution < -0.4 is 0 Å². The lowest BCUT2D eigenvalue weighted by molar-refractivity contribution is 0.393. The Morgan fingerprint density at radius 3 is 2.19 bits per heavy atom. The minimum absolute atomic E-state index is 0.0590. The summed E-state index contributed by atoms with van der Waals surface area (Å²) < 4.78 is 49.8. The van der Waals surface area contributed by atoms with Crippen LogP contribution in [0.15, 0.2) is 17.0 Å². The molecule has 1 atom stereocenters. The largest absolute Gasteiger partial charge is 0.243 e. The second kappa shape index (κ2) is 5.37. The monoisotopic (exact) mass is 331 g/mol. The Hall–Kier alpha value is -0.920. The van der Waals surface area contributed by atoms with Gasteiger partial charge in [-0.2, -0.15) is 4.31 Å². The molecule has 1 saturated heterocycles. The fraction of sp³-hybridized carbons (Fsp3) is 0.571. The highest BCUT2D eigenvalue weighted by Crippen LogP contribution is 2.27. The second-order valence-corrected chi connectivity index (χ2v) is 9.97. The van der Waals surface area contributed by atoms with Crippen molar-refractivity contribution < 1.29 is 16.8 Å². The normalized spacial score (nSPS) is 21.9. The van der Waals surface area contributed by atoms with Crippen LogP contribution in [-0.2, 0) is 19.9 Å². The standard InChI is InChI=1S/C14H21NO4S2/c1-10-7-12(3)14(8-11(10)2)21(18,19)15(4)13-5-6-20(16,17)9-13/h7-8,13H,5-6,9H2,1-4H3/t13-/m1/s1. The summed E-state index contributed by atoms with van der Waals surface area (Å²) in [5.41, 5.74) is 2.63. The maximum Gasteiger partial charge on any atom is 0.243 e. The van der Waals surface area contributed by atoms with E-state index in [0.29, 0.717) is 12.0 Å². The van der Waals surface area contributed by atoms with E-state index in [-0.39, 0.29) is 16.4 Å². The van der Waals surface area contributed by atoms with Gasteiger partial charge in [-0.25, -0.2) is 16.8 Å². The molecule has 2 rings (SSSR count). The first-order chi connectivity index (χ1) is 9.54. The van der Waals surface area contributed by atoms with Crippen LogP contribution in [0, 0.1) is 20.8 Å². The average Bonchev–Trinajstić information content (AvgIpc) is 2.73. The van der Waals surface area contributed by atoms with Crippen LogP contribution in [-0.4, -0.2) is 45.7 Å². The fourth-order valence-electron chi connectivity index (χ4n) is 2.63. The smallest absolute Gasteiger partial charge is 0.229 e. The molecule has 1 fully saturated rings. The highest BCUT2D eigenvalue weighted by Gasteiger charge is 2.37. The molecule has 0 spiro atoms. The summed E-state index contributed by atoms with van der Waals surface area (Å²) in [6.07, 6.45) is 0.363. The molecule has 0 amide bonds. The molecular formula is C14H21NO4S2. The Morgan fingerprint density at radius 1 is 1.10 bits per heavy atom. The summed E-state index contributed by atoms with van der Waals surface area (Å²) in [5.74, 6) is -0.0317. The molecule has 1 aliphatic heterocycles. The van der Waals surface area contributed by atoms with Gasteiger partial charge in [-0.3, -0.25) is 0 Å². The molecule has 1 aromatic carbocycles. The van der Waals surface area contributed by atoms with Gasteiger partial charge in [0.25, 0.3) is 0 Å². The Kier molecular flexibility index (Phi) is 4.21. The first kappa shape index (κ1) is 16.5. The number of nitrogens with zero attached hydrogens (tertiary/aromatic N) is 1. The molecule has 118 valence electrons. The lowest BCUT2D eigenvalue weighted by atomic mass is 10.1. The third-order valence-electron chi connectivity index (χ3n) is 4.17. The zero-order valence-corrected chi connectivity index (χ0v) is 14.4. The molecule has 0 N–H and O–H groups in total. The molecule has 0 aromatic heterocycles. The number of aryl methyl sites for hydroxylation is 3. The van der Waals surface area contributed by atoms with E-state index >= 15 is 0 Å². The lowest BCUT2D eigenvalue weighted by Crippen LogP contribution is -2.38. The van der Waals surface area contributed by atoms with Crippen molar-refractivity contribution in [2.75, 3.05) is 18.6 Å². The van der Waals surface area contributed by atoms with Gasteiger partial charge in [0.15, 0.2) is 9.84 Å². The predicted molar refractivity (Wildman–Crippen MR) is 82.7 cm³/mol. The molecule has 0 bridgehead atoms. The summed E-state index contributed by atoms with van der Waals surface area (Å²) in [6, 6.07) is 3.04. The maximum absolute atomic E-state index is 12.7. The molecule has 0 saturated carbocycles. The van der Waals surface area contributed by atoms with Gasteiger partial charge in [0.1, 0.15) is 0 Å². The number of benzene rings is 1. The minimum atomic E-state index is -3.67. The third kappa shape index (κ3) is 3.14. The van der Waals surface area contributed by atoms with Crippen LogP contribution in [0.5, 0.6) is 0 Å². The van der Waals surface area contributed by atoms with Crippen LogP contribution >= 0.6 is 0 Å². The summed E-state index contributed by atoms with van der Waals surface area (Å²) in [6.45, 7) is 5.57. The summed E-state index contributed by atoms with van der Waals surface area (Å²) >= 11 is 0. The number of sulfone groups is 1. The molecule has 5 nitrogen and oxygen atoms in total. The van der Waals surface area contributed by atoms with Gasteiger partial charge in [-0.1, -0.05) is 6.07 Å². The van der Waals surface area contributed by atoms with Crippen LogP contribution in [0.1, 0.15) is 23.1 Å². The van der Waals surface area contributed by atoms with E-state index in [1.165, 1.54) is 11.4 Å². The number of hydrogen-bond donors (Lipinski definition) is 0. The van der Waals surface area contributed by atoms with Crippen molar-refractivity contribution in [3.8, 4) is 0 Å². The van der Waals surface area contributed by atoms with Crippen molar-refractivity contribution in [3.63, 3.8) is 0 Å². The van der Waals surface area contributed by atoms with Crippen LogP contribution in [0.3, 0.4) is 0 Å². The zero-order valence-electron chi connectivity index (χ0n) is 12.8. The highest BCUT2D eigenvalue weighted by molar-refractivity contribution is 7.92. The molecule has 0 radical (unpaired) electrons. The van der Waals surface area contributed by atoms with Crippen LogP contribution in [0.25, 0.3) is 0 Å². The predicted octanol–water partition coefficient (Wildman–Crippen LogP) is 1.42. The quantitative estimate of drug-likeness (QED) is 0.840. The molecule has 7 heteroatoms. The zero-order chi connectivity index (χ0) is 16.0. The van der Waals surface area contributed by atoms with E-state index in [4.69, 9.17) is 0 Å². The SMILES string of the molecule is Cc1cc(C)c(S(=O)(=O)N(C)[C@@H]2CCS(=O)(=O)C2)cc1C.